The van der Waals surface area contributed by atoms with Crippen LogP contribution in [0.4, 0.5) is 0 Å². The topological polar surface area (TPSA) is 75.6 Å². The van der Waals surface area contributed by atoms with Gasteiger partial charge < -0.3 is 15.2 Å². The number of hydrogen-bond donors (Lipinski definition) is 3. The van der Waals surface area contributed by atoms with E-state index in [0.717, 1.165) is 11.3 Å². The lowest BCUT2D eigenvalue weighted by Crippen LogP contribution is -2.41. The van der Waals surface area contributed by atoms with Gasteiger partial charge in [-0.25, -0.2) is 4.79 Å². The van der Waals surface area contributed by atoms with Crippen LogP contribution in [0.1, 0.15) is 5.56 Å². The van der Waals surface area contributed by atoms with Gasteiger partial charge in [-0.15, -0.1) is 0 Å². The Hall–Kier alpha value is -1.95. The fraction of sp³-hybridized carbons (Fsp3) is 0.231. The molecule has 102 valence electrons. The van der Waals surface area contributed by atoms with E-state index in [1.165, 1.54) is 6.08 Å². The summed E-state index contributed by atoms with van der Waals surface area (Å²) in [6, 6.07) is 6.12. The van der Waals surface area contributed by atoms with Crippen LogP contribution in [-0.2, 0) is 9.59 Å². The molecule has 19 heavy (non-hydrogen) atoms. The van der Waals surface area contributed by atoms with Crippen molar-refractivity contribution in [1.29, 1.82) is 0 Å². The Labute approximate surface area is 116 Å². The molecule has 0 saturated carbocycles. The smallest absolute Gasteiger partial charge is 0.327 e. The number of carboxylic acid groups (broad SMARTS) is 1. The minimum atomic E-state index is -1.11. The minimum absolute atomic E-state index is 0.0391. The first kappa shape index (κ1) is 15.1. The Morgan fingerprint density at radius 2 is 2.05 bits per heavy atom. The quantitative estimate of drug-likeness (QED) is 0.541. The molecule has 1 aromatic carbocycles. The van der Waals surface area contributed by atoms with Crippen LogP contribution in [0.3, 0.4) is 0 Å². The Morgan fingerprint density at radius 1 is 1.42 bits per heavy atom. The molecule has 0 fully saturated rings. The van der Waals surface area contributed by atoms with Gasteiger partial charge in [0.25, 0.3) is 0 Å². The summed E-state index contributed by atoms with van der Waals surface area (Å²) in [4.78, 5) is 22.2. The summed E-state index contributed by atoms with van der Waals surface area (Å²) in [6.45, 7) is 0. The van der Waals surface area contributed by atoms with Gasteiger partial charge in [-0.1, -0.05) is 12.1 Å². The van der Waals surface area contributed by atoms with Gasteiger partial charge in [-0.05, 0) is 23.8 Å². The second-order valence-corrected chi connectivity index (χ2v) is 4.05. The lowest BCUT2D eigenvalue weighted by atomic mass is 10.2. The average Bonchev–Trinajstić information content (AvgIpc) is 2.42. The summed E-state index contributed by atoms with van der Waals surface area (Å²) in [5.41, 5.74) is 0.814. The molecule has 0 heterocycles. The van der Waals surface area contributed by atoms with Crippen molar-refractivity contribution in [1.82, 2.24) is 5.32 Å². The Balaban J connectivity index is 2.59. The molecule has 1 amide bonds. The number of nitrogens with one attached hydrogen (secondary N) is 1. The number of carboxylic acids is 1. The maximum atomic E-state index is 11.5. The van der Waals surface area contributed by atoms with E-state index < -0.39 is 17.9 Å². The maximum absolute atomic E-state index is 11.5. The molecule has 0 aliphatic carbocycles. The van der Waals surface area contributed by atoms with Crippen molar-refractivity contribution in [3.8, 4) is 5.75 Å². The number of thiol groups is 1. The van der Waals surface area contributed by atoms with Crippen LogP contribution >= 0.6 is 12.6 Å². The molecule has 5 nitrogen and oxygen atoms in total. The maximum Gasteiger partial charge on any atom is 0.327 e. The molecule has 0 bridgehead atoms. The van der Waals surface area contributed by atoms with Crippen LogP contribution in [-0.4, -0.2) is 35.9 Å². The summed E-state index contributed by atoms with van der Waals surface area (Å²) in [5.74, 6) is -0.821. The fourth-order valence-electron chi connectivity index (χ4n) is 1.29. The zero-order valence-corrected chi connectivity index (χ0v) is 11.3. The van der Waals surface area contributed by atoms with Gasteiger partial charge in [-0.3, -0.25) is 4.79 Å². The molecule has 0 saturated heterocycles. The molecule has 6 heteroatoms. The second kappa shape index (κ2) is 7.48. The zero-order chi connectivity index (χ0) is 14.3. The highest BCUT2D eigenvalue weighted by Crippen LogP contribution is 2.12. The predicted molar refractivity (Wildman–Crippen MR) is 75.4 cm³/mol. The molecule has 0 spiro atoms. The van der Waals surface area contributed by atoms with Crippen molar-refractivity contribution in [3.63, 3.8) is 0 Å². The molecule has 2 N–H and O–H groups in total. The van der Waals surface area contributed by atoms with Crippen molar-refractivity contribution >= 4 is 30.6 Å². The van der Waals surface area contributed by atoms with Gasteiger partial charge in [0.1, 0.15) is 11.8 Å². The molecule has 0 aliphatic rings. The fourth-order valence-corrected chi connectivity index (χ4v) is 1.54. The second-order valence-electron chi connectivity index (χ2n) is 3.69. The van der Waals surface area contributed by atoms with Crippen LogP contribution in [0.25, 0.3) is 6.08 Å². The monoisotopic (exact) mass is 281 g/mol. The van der Waals surface area contributed by atoms with Crippen molar-refractivity contribution in [2.24, 2.45) is 0 Å². The highest BCUT2D eigenvalue weighted by molar-refractivity contribution is 7.80. The molecule has 1 aromatic rings. The standard InChI is InChI=1S/C13H15NO4S/c1-18-10-5-2-9(3-6-10)4-7-12(15)14-11(8-19)13(16)17/h2-7,11,19H,8H2,1H3,(H,14,15)(H,16,17)/t11-/m0/s1. The van der Waals surface area contributed by atoms with Gasteiger partial charge in [0.2, 0.25) is 5.91 Å². The first-order valence-corrected chi connectivity index (χ1v) is 6.16. The number of rotatable bonds is 6. The van der Waals surface area contributed by atoms with E-state index in [0.29, 0.717) is 0 Å². The number of hydrogen-bond acceptors (Lipinski definition) is 4. The number of aliphatic carboxylic acids is 1. The van der Waals surface area contributed by atoms with Crippen LogP contribution in [0, 0.1) is 0 Å². The van der Waals surface area contributed by atoms with Crippen molar-refractivity contribution in [3.05, 3.63) is 35.9 Å². The Kier molecular flexibility index (Phi) is 5.95. The van der Waals surface area contributed by atoms with Gasteiger partial charge in [0.15, 0.2) is 0 Å². The molecule has 0 aromatic heterocycles. The van der Waals surface area contributed by atoms with E-state index in [9.17, 15) is 9.59 Å². The predicted octanol–water partition coefficient (Wildman–Crippen LogP) is 1.21. The third-order valence-electron chi connectivity index (χ3n) is 2.34. The number of carbonyl (C=O) groups is 2. The highest BCUT2D eigenvalue weighted by Gasteiger charge is 2.16. The third kappa shape index (κ3) is 5.05. The molecule has 0 radical (unpaired) electrons. The lowest BCUT2D eigenvalue weighted by molar-refractivity contribution is -0.140. The molecular formula is C13H15NO4S. The number of methoxy groups -OCH3 is 1. The van der Waals surface area contributed by atoms with Crippen molar-refractivity contribution in [2.45, 2.75) is 6.04 Å². The van der Waals surface area contributed by atoms with Crippen molar-refractivity contribution in [2.75, 3.05) is 12.9 Å². The highest BCUT2D eigenvalue weighted by atomic mass is 32.1. The van der Waals surface area contributed by atoms with E-state index in [4.69, 9.17) is 9.84 Å². The van der Waals surface area contributed by atoms with E-state index in [-0.39, 0.29) is 5.75 Å². The van der Waals surface area contributed by atoms with Crippen LogP contribution < -0.4 is 10.1 Å². The number of carbonyl (C=O) groups excluding carboxylic acids is 1. The van der Waals surface area contributed by atoms with E-state index in [1.807, 2.05) is 0 Å². The molecule has 0 unspecified atom stereocenters. The molecule has 0 aliphatic heterocycles. The van der Waals surface area contributed by atoms with Crippen molar-refractivity contribution < 1.29 is 19.4 Å². The van der Waals surface area contributed by atoms with Gasteiger partial charge in [0, 0.05) is 11.8 Å². The van der Waals surface area contributed by atoms with Crippen LogP contribution in [0.5, 0.6) is 5.75 Å². The Morgan fingerprint density at radius 3 is 2.53 bits per heavy atom. The molecular weight excluding hydrogens is 266 g/mol. The first-order chi connectivity index (χ1) is 9.06. The Bertz CT molecular complexity index is 470. The van der Waals surface area contributed by atoms with Gasteiger partial charge >= 0.3 is 5.97 Å². The summed E-state index contributed by atoms with van der Waals surface area (Å²) in [7, 11) is 1.57. The average molecular weight is 281 g/mol. The summed E-state index contributed by atoms with van der Waals surface area (Å²) < 4.78 is 5.01. The van der Waals surface area contributed by atoms with E-state index in [1.54, 1.807) is 37.5 Å². The lowest BCUT2D eigenvalue weighted by Gasteiger charge is -2.09. The van der Waals surface area contributed by atoms with Crippen LogP contribution in [0.15, 0.2) is 30.3 Å². The zero-order valence-electron chi connectivity index (χ0n) is 10.4. The summed E-state index contributed by atoms with van der Waals surface area (Å²) in [6.07, 6.45) is 2.87. The largest absolute Gasteiger partial charge is 0.497 e. The summed E-state index contributed by atoms with van der Waals surface area (Å²) in [5, 5.41) is 11.1. The molecule has 1 rings (SSSR count). The number of benzene rings is 1. The van der Waals surface area contributed by atoms with Crippen LogP contribution in [0.2, 0.25) is 0 Å². The van der Waals surface area contributed by atoms with E-state index >= 15 is 0 Å². The number of amides is 1. The SMILES string of the molecule is COc1ccc(C=CC(=O)N[C@@H](CS)C(=O)O)cc1. The van der Waals surface area contributed by atoms with Gasteiger partial charge in [-0.2, -0.15) is 12.6 Å². The first-order valence-electron chi connectivity index (χ1n) is 5.53. The summed E-state index contributed by atoms with van der Waals surface area (Å²) >= 11 is 3.86. The normalized spacial score (nSPS) is 12.1. The minimum Gasteiger partial charge on any atom is -0.497 e. The number of ether oxygens (including phenoxy) is 1. The third-order valence-corrected chi connectivity index (χ3v) is 2.71. The molecule has 1 atom stereocenters. The van der Waals surface area contributed by atoms with E-state index in [2.05, 4.69) is 17.9 Å². The van der Waals surface area contributed by atoms with Gasteiger partial charge in [0.05, 0.1) is 7.11 Å².